The number of rotatable bonds is 2. The maximum absolute atomic E-state index is 12.0. The van der Waals surface area contributed by atoms with Crippen LogP contribution in [0.2, 0.25) is 0 Å². The molecule has 5 heteroatoms. The van der Waals surface area contributed by atoms with Crippen molar-refractivity contribution in [3.8, 4) is 0 Å². The van der Waals surface area contributed by atoms with Gasteiger partial charge in [0.15, 0.2) is 0 Å². The third-order valence-electron chi connectivity index (χ3n) is 5.03. The minimum atomic E-state index is -0.0908. The second-order valence-electron chi connectivity index (χ2n) is 6.37. The van der Waals surface area contributed by atoms with Crippen LogP contribution in [-0.2, 0) is 14.3 Å². The zero-order valence-electron chi connectivity index (χ0n) is 12.4. The lowest BCUT2D eigenvalue weighted by atomic mass is 10.0. The first kappa shape index (κ1) is 13.9. The minimum absolute atomic E-state index is 0.0289. The zero-order chi connectivity index (χ0) is 14.3. The van der Waals surface area contributed by atoms with E-state index in [1.807, 2.05) is 11.8 Å². The van der Waals surface area contributed by atoms with Crippen LogP contribution < -0.4 is 0 Å². The first-order chi connectivity index (χ1) is 9.58. The zero-order valence-corrected chi connectivity index (χ0v) is 12.4. The van der Waals surface area contributed by atoms with Gasteiger partial charge in [-0.05, 0) is 39.2 Å². The molecule has 112 valence electrons. The molecule has 0 saturated carbocycles. The number of cyclic esters (lactones) is 1. The van der Waals surface area contributed by atoms with Crippen LogP contribution in [-0.4, -0.2) is 59.0 Å². The topological polar surface area (TPSA) is 49.9 Å². The monoisotopic (exact) mass is 280 g/mol. The van der Waals surface area contributed by atoms with E-state index in [-0.39, 0.29) is 24.0 Å². The number of carbonyl (C=O) groups excluding carboxylic acids is 2. The lowest BCUT2D eigenvalue weighted by Crippen LogP contribution is -2.52. The van der Waals surface area contributed by atoms with Crippen LogP contribution in [0, 0.1) is 0 Å². The summed E-state index contributed by atoms with van der Waals surface area (Å²) in [4.78, 5) is 28.1. The molecule has 3 heterocycles. The maximum Gasteiger partial charge on any atom is 0.323 e. The van der Waals surface area contributed by atoms with E-state index in [0.29, 0.717) is 12.1 Å². The molecule has 0 aromatic rings. The van der Waals surface area contributed by atoms with Crippen molar-refractivity contribution in [1.29, 1.82) is 0 Å². The van der Waals surface area contributed by atoms with Crippen molar-refractivity contribution >= 4 is 11.9 Å². The second-order valence-corrected chi connectivity index (χ2v) is 6.37. The third kappa shape index (κ3) is 2.32. The van der Waals surface area contributed by atoms with Gasteiger partial charge in [-0.2, -0.15) is 0 Å². The molecule has 0 aliphatic carbocycles. The van der Waals surface area contributed by atoms with E-state index in [0.717, 1.165) is 45.2 Å². The molecule has 0 spiro atoms. The van der Waals surface area contributed by atoms with Gasteiger partial charge in [0.25, 0.3) is 0 Å². The summed E-state index contributed by atoms with van der Waals surface area (Å²) < 4.78 is 5.31. The third-order valence-corrected chi connectivity index (χ3v) is 5.03. The average molecular weight is 280 g/mol. The lowest BCUT2D eigenvalue weighted by Gasteiger charge is -2.36. The van der Waals surface area contributed by atoms with Crippen LogP contribution >= 0.6 is 0 Å². The second kappa shape index (κ2) is 5.35. The summed E-state index contributed by atoms with van der Waals surface area (Å²) in [6.07, 6.45) is 5.18. The molecule has 20 heavy (non-hydrogen) atoms. The van der Waals surface area contributed by atoms with Gasteiger partial charge in [0.1, 0.15) is 12.1 Å². The summed E-state index contributed by atoms with van der Waals surface area (Å²) >= 11 is 0. The first-order valence-corrected chi connectivity index (χ1v) is 7.81. The number of hydrogen-bond acceptors (Lipinski definition) is 4. The number of amides is 1. The van der Waals surface area contributed by atoms with Gasteiger partial charge in [0.05, 0.1) is 0 Å². The summed E-state index contributed by atoms with van der Waals surface area (Å²) in [7, 11) is 0. The Morgan fingerprint density at radius 1 is 1.20 bits per heavy atom. The first-order valence-electron chi connectivity index (χ1n) is 7.81. The van der Waals surface area contributed by atoms with Crippen LogP contribution in [0.1, 0.15) is 46.0 Å². The molecule has 3 aliphatic rings. The molecular weight excluding hydrogens is 256 g/mol. The SMILES string of the molecule is CC(=O)N1CCC[C@@H]1[C@@H]1CCCN1[C@@H]1C[C@@H](C)OC1=O. The number of likely N-dealkylation sites (tertiary alicyclic amines) is 2. The average Bonchev–Trinajstić information content (AvgIpc) is 3.06. The molecule has 0 aromatic carbocycles. The molecule has 0 aromatic heterocycles. The van der Waals surface area contributed by atoms with Crippen LogP contribution in [0.4, 0.5) is 0 Å². The maximum atomic E-state index is 12.0. The van der Waals surface area contributed by atoms with Gasteiger partial charge in [-0.15, -0.1) is 0 Å². The Bertz CT molecular complexity index is 412. The van der Waals surface area contributed by atoms with Gasteiger partial charge in [0, 0.05) is 32.0 Å². The predicted molar refractivity (Wildman–Crippen MR) is 74.1 cm³/mol. The highest BCUT2D eigenvalue weighted by Crippen LogP contribution is 2.34. The number of nitrogens with zero attached hydrogens (tertiary/aromatic N) is 2. The fourth-order valence-corrected chi connectivity index (χ4v) is 4.20. The standard InChI is InChI=1S/C15H24N2O3/c1-10-9-14(15(19)20-10)17-8-4-6-13(17)12-5-3-7-16(12)11(2)18/h10,12-14H,3-9H2,1-2H3/t10-,12-,13+,14-/m1/s1. The van der Waals surface area contributed by atoms with Gasteiger partial charge >= 0.3 is 5.97 Å². The fourth-order valence-electron chi connectivity index (χ4n) is 4.20. The van der Waals surface area contributed by atoms with E-state index in [4.69, 9.17) is 4.74 Å². The van der Waals surface area contributed by atoms with E-state index in [1.165, 1.54) is 0 Å². The van der Waals surface area contributed by atoms with E-state index < -0.39 is 0 Å². The Morgan fingerprint density at radius 2 is 1.90 bits per heavy atom. The number of carbonyl (C=O) groups is 2. The summed E-state index contributed by atoms with van der Waals surface area (Å²) in [6.45, 7) is 5.44. The predicted octanol–water partition coefficient (Wildman–Crippen LogP) is 1.17. The van der Waals surface area contributed by atoms with Crippen molar-refractivity contribution < 1.29 is 14.3 Å². The van der Waals surface area contributed by atoms with E-state index in [9.17, 15) is 9.59 Å². The molecule has 0 unspecified atom stereocenters. The quantitative estimate of drug-likeness (QED) is 0.712. The fraction of sp³-hybridized carbons (Fsp3) is 0.867. The molecule has 0 radical (unpaired) electrons. The molecule has 5 nitrogen and oxygen atoms in total. The Kier molecular flexibility index (Phi) is 3.71. The van der Waals surface area contributed by atoms with Crippen molar-refractivity contribution in [3.05, 3.63) is 0 Å². The lowest BCUT2D eigenvalue weighted by molar-refractivity contribution is -0.145. The normalized spacial score (nSPS) is 38.5. The molecule has 3 rings (SSSR count). The molecule has 0 N–H and O–H groups in total. The van der Waals surface area contributed by atoms with E-state index in [2.05, 4.69) is 4.90 Å². The summed E-state index contributed by atoms with van der Waals surface area (Å²) in [5.74, 6) is 0.0958. The number of hydrogen-bond donors (Lipinski definition) is 0. The van der Waals surface area contributed by atoms with Crippen LogP contribution in [0.25, 0.3) is 0 Å². The van der Waals surface area contributed by atoms with Crippen molar-refractivity contribution in [2.45, 2.75) is 70.2 Å². The minimum Gasteiger partial charge on any atom is -0.461 e. The largest absolute Gasteiger partial charge is 0.461 e. The molecule has 1 amide bonds. The molecule has 4 atom stereocenters. The molecule has 3 fully saturated rings. The van der Waals surface area contributed by atoms with E-state index >= 15 is 0 Å². The van der Waals surface area contributed by atoms with Crippen molar-refractivity contribution in [3.63, 3.8) is 0 Å². The summed E-state index contributed by atoms with van der Waals surface area (Å²) in [5, 5.41) is 0. The molecular formula is C15H24N2O3. The van der Waals surface area contributed by atoms with Gasteiger partial charge < -0.3 is 9.64 Å². The van der Waals surface area contributed by atoms with Crippen molar-refractivity contribution in [2.75, 3.05) is 13.1 Å². The van der Waals surface area contributed by atoms with Crippen LogP contribution in [0.5, 0.6) is 0 Å². The summed E-state index contributed by atoms with van der Waals surface area (Å²) in [6, 6.07) is 0.537. The van der Waals surface area contributed by atoms with Crippen molar-refractivity contribution in [2.24, 2.45) is 0 Å². The molecule has 3 saturated heterocycles. The number of esters is 1. The molecule has 0 bridgehead atoms. The Balaban J connectivity index is 1.75. The molecule has 3 aliphatic heterocycles. The summed E-state index contributed by atoms with van der Waals surface area (Å²) in [5.41, 5.74) is 0. The van der Waals surface area contributed by atoms with E-state index in [1.54, 1.807) is 6.92 Å². The van der Waals surface area contributed by atoms with Gasteiger partial charge in [-0.25, -0.2) is 0 Å². The van der Waals surface area contributed by atoms with Crippen LogP contribution in [0.15, 0.2) is 0 Å². The van der Waals surface area contributed by atoms with Crippen LogP contribution in [0.3, 0.4) is 0 Å². The Labute approximate surface area is 120 Å². The number of ether oxygens (including phenoxy) is 1. The highest BCUT2D eigenvalue weighted by Gasteiger charge is 2.46. The van der Waals surface area contributed by atoms with Gasteiger partial charge in [-0.3, -0.25) is 14.5 Å². The van der Waals surface area contributed by atoms with Gasteiger partial charge in [0.2, 0.25) is 5.91 Å². The smallest absolute Gasteiger partial charge is 0.323 e. The highest BCUT2D eigenvalue weighted by atomic mass is 16.6. The van der Waals surface area contributed by atoms with Crippen molar-refractivity contribution in [1.82, 2.24) is 9.80 Å². The van der Waals surface area contributed by atoms with Gasteiger partial charge in [-0.1, -0.05) is 0 Å². The highest BCUT2D eigenvalue weighted by molar-refractivity contribution is 5.78. The Morgan fingerprint density at radius 3 is 2.55 bits per heavy atom. The Hall–Kier alpha value is -1.10.